The molecule has 0 aliphatic carbocycles. The molecular weight excluding hydrogens is 248 g/mol. The number of anilines is 1. The maximum absolute atomic E-state index is 5.05. The second kappa shape index (κ2) is 6.45. The third-order valence-corrected chi connectivity index (χ3v) is 4.36. The van der Waals surface area contributed by atoms with Gasteiger partial charge in [0.05, 0.1) is 6.61 Å². The summed E-state index contributed by atoms with van der Waals surface area (Å²) in [5.74, 6) is 0.907. The smallest absolute Gasteiger partial charge is 0.205 e. The standard InChI is InChI=1S/C12H22N4OS/c1-4-15(2)10-5-7-16(9-10)12-13-11(14-18-12)6-8-17-3/h10H,4-9H2,1-3H3. The molecule has 6 heteroatoms. The van der Waals surface area contributed by atoms with Crippen molar-refractivity contribution in [3.8, 4) is 0 Å². The lowest BCUT2D eigenvalue weighted by molar-refractivity contribution is 0.201. The van der Waals surface area contributed by atoms with E-state index < -0.39 is 0 Å². The van der Waals surface area contributed by atoms with Gasteiger partial charge in [-0.25, -0.2) is 4.98 Å². The van der Waals surface area contributed by atoms with Crippen molar-refractivity contribution in [2.75, 3.05) is 45.3 Å². The molecule has 1 aromatic rings. The van der Waals surface area contributed by atoms with Crippen molar-refractivity contribution in [2.24, 2.45) is 0 Å². The second-order valence-electron chi connectivity index (χ2n) is 4.70. The van der Waals surface area contributed by atoms with E-state index in [9.17, 15) is 0 Å². The minimum atomic E-state index is 0.654. The van der Waals surface area contributed by atoms with E-state index in [1.54, 1.807) is 7.11 Å². The first-order chi connectivity index (χ1) is 8.74. The predicted octanol–water partition coefficient (Wildman–Crippen LogP) is 1.26. The molecule has 1 aliphatic heterocycles. The average molecular weight is 270 g/mol. The minimum Gasteiger partial charge on any atom is -0.384 e. The molecule has 0 amide bonds. The Kier molecular flexibility index (Phi) is 4.91. The van der Waals surface area contributed by atoms with Gasteiger partial charge in [-0.1, -0.05) is 6.92 Å². The Morgan fingerprint density at radius 1 is 1.56 bits per heavy atom. The first-order valence-corrected chi connectivity index (χ1v) is 7.28. The number of ether oxygens (including phenoxy) is 1. The summed E-state index contributed by atoms with van der Waals surface area (Å²) in [6.45, 7) is 6.17. The number of hydrogen-bond donors (Lipinski definition) is 0. The van der Waals surface area contributed by atoms with E-state index in [0.717, 1.165) is 37.0 Å². The lowest BCUT2D eigenvalue weighted by atomic mass is 10.2. The number of likely N-dealkylation sites (N-methyl/N-ethyl adjacent to an activating group) is 1. The van der Waals surface area contributed by atoms with Gasteiger partial charge in [-0.3, -0.25) is 0 Å². The van der Waals surface area contributed by atoms with Crippen LogP contribution in [-0.2, 0) is 11.2 Å². The Morgan fingerprint density at radius 3 is 3.11 bits per heavy atom. The van der Waals surface area contributed by atoms with Crippen molar-refractivity contribution in [2.45, 2.75) is 25.8 Å². The van der Waals surface area contributed by atoms with Crippen LogP contribution in [0, 0.1) is 0 Å². The van der Waals surface area contributed by atoms with Gasteiger partial charge in [0.1, 0.15) is 5.82 Å². The maximum Gasteiger partial charge on any atom is 0.205 e. The summed E-state index contributed by atoms with van der Waals surface area (Å²) in [4.78, 5) is 9.35. The normalized spacial score (nSPS) is 20.0. The van der Waals surface area contributed by atoms with Gasteiger partial charge in [0.15, 0.2) is 0 Å². The van der Waals surface area contributed by atoms with E-state index in [0.29, 0.717) is 12.6 Å². The number of methoxy groups -OCH3 is 1. The zero-order valence-corrected chi connectivity index (χ0v) is 12.2. The van der Waals surface area contributed by atoms with Crippen LogP contribution in [0.15, 0.2) is 0 Å². The van der Waals surface area contributed by atoms with E-state index in [2.05, 4.69) is 33.1 Å². The monoisotopic (exact) mass is 270 g/mol. The van der Waals surface area contributed by atoms with Crippen LogP contribution >= 0.6 is 11.5 Å². The first kappa shape index (κ1) is 13.7. The summed E-state index contributed by atoms with van der Waals surface area (Å²) in [6.07, 6.45) is 2.02. The van der Waals surface area contributed by atoms with Crippen molar-refractivity contribution in [1.29, 1.82) is 0 Å². The van der Waals surface area contributed by atoms with Crippen molar-refractivity contribution in [3.63, 3.8) is 0 Å². The molecule has 1 atom stereocenters. The molecule has 1 aliphatic rings. The molecule has 0 N–H and O–H groups in total. The molecule has 0 spiro atoms. The van der Waals surface area contributed by atoms with Crippen LogP contribution in [0.1, 0.15) is 19.2 Å². The lowest BCUT2D eigenvalue weighted by Gasteiger charge is -2.22. The molecule has 2 heterocycles. The fraction of sp³-hybridized carbons (Fsp3) is 0.833. The van der Waals surface area contributed by atoms with E-state index in [-0.39, 0.29) is 0 Å². The Hall–Kier alpha value is -0.720. The van der Waals surface area contributed by atoms with E-state index >= 15 is 0 Å². The highest BCUT2D eigenvalue weighted by atomic mass is 32.1. The van der Waals surface area contributed by atoms with Gasteiger partial charge in [-0.05, 0) is 20.0 Å². The highest BCUT2D eigenvalue weighted by Crippen LogP contribution is 2.24. The summed E-state index contributed by atoms with van der Waals surface area (Å²) in [5, 5.41) is 1.06. The molecule has 1 fully saturated rings. The fourth-order valence-electron chi connectivity index (χ4n) is 2.20. The van der Waals surface area contributed by atoms with E-state index in [4.69, 9.17) is 4.74 Å². The Balaban J connectivity index is 1.90. The molecule has 0 bridgehead atoms. The Bertz CT molecular complexity index is 371. The summed E-state index contributed by atoms with van der Waals surface area (Å²) < 4.78 is 9.43. The molecule has 102 valence electrons. The summed E-state index contributed by atoms with van der Waals surface area (Å²) >= 11 is 1.51. The Morgan fingerprint density at radius 2 is 2.39 bits per heavy atom. The van der Waals surface area contributed by atoms with Crippen LogP contribution in [0.4, 0.5) is 5.13 Å². The van der Waals surface area contributed by atoms with Gasteiger partial charge in [-0.2, -0.15) is 4.37 Å². The largest absolute Gasteiger partial charge is 0.384 e. The molecule has 0 radical (unpaired) electrons. The van der Waals surface area contributed by atoms with Gasteiger partial charge in [0.25, 0.3) is 0 Å². The van der Waals surface area contributed by atoms with Crippen molar-refractivity contribution < 1.29 is 4.74 Å². The number of nitrogens with zero attached hydrogens (tertiary/aromatic N) is 4. The lowest BCUT2D eigenvalue weighted by Crippen LogP contribution is -2.34. The molecule has 2 rings (SSSR count). The minimum absolute atomic E-state index is 0.654. The van der Waals surface area contributed by atoms with Gasteiger partial charge in [-0.15, -0.1) is 0 Å². The van der Waals surface area contributed by atoms with E-state index in [1.807, 2.05) is 0 Å². The van der Waals surface area contributed by atoms with Gasteiger partial charge in [0, 0.05) is 44.2 Å². The number of rotatable bonds is 6. The summed E-state index contributed by atoms with van der Waals surface area (Å²) in [5.41, 5.74) is 0. The highest BCUT2D eigenvalue weighted by Gasteiger charge is 2.27. The third-order valence-electron chi connectivity index (χ3n) is 3.54. The molecule has 1 unspecified atom stereocenters. The Labute approximate surface area is 113 Å². The topological polar surface area (TPSA) is 41.5 Å². The first-order valence-electron chi connectivity index (χ1n) is 6.51. The van der Waals surface area contributed by atoms with Crippen LogP contribution in [0.3, 0.4) is 0 Å². The van der Waals surface area contributed by atoms with Crippen molar-refractivity contribution in [1.82, 2.24) is 14.3 Å². The molecular formula is C12H22N4OS. The maximum atomic E-state index is 5.05. The fourth-order valence-corrected chi connectivity index (χ4v) is 2.95. The van der Waals surface area contributed by atoms with Gasteiger partial charge >= 0.3 is 0 Å². The number of hydrogen-bond acceptors (Lipinski definition) is 6. The van der Waals surface area contributed by atoms with Crippen molar-refractivity contribution >= 4 is 16.7 Å². The second-order valence-corrected chi connectivity index (χ2v) is 5.43. The zero-order valence-electron chi connectivity index (χ0n) is 11.4. The summed E-state index contributed by atoms with van der Waals surface area (Å²) in [7, 11) is 3.90. The molecule has 0 aromatic carbocycles. The molecule has 1 saturated heterocycles. The van der Waals surface area contributed by atoms with Gasteiger partial charge < -0.3 is 14.5 Å². The van der Waals surface area contributed by atoms with E-state index in [1.165, 1.54) is 18.0 Å². The van der Waals surface area contributed by atoms with Gasteiger partial charge in [0.2, 0.25) is 5.13 Å². The van der Waals surface area contributed by atoms with Crippen LogP contribution in [0.5, 0.6) is 0 Å². The predicted molar refractivity (Wildman–Crippen MR) is 74.4 cm³/mol. The molecule has 0 saturated carbocycles. The summed E-state index contributed by atoms with van der Waals surface area (Å²) in [6, 6.07) is 0.654. The highest BCUT2D eigenvalue weighted by molar-refractivity contribution is 7.09. The SMILES string of the molecule is CCN(C)C1CCN(c2nc(CCOC)ns2)C1. The molecule has 1 aromatic heterocycles. The van der Waals surface area contributed by atoms with Crippen LogP contribution in [-0.4, -0.2) is 60.7 Å². The average Bonchev–Trinajstić information content (AvgIpc) is 3.03. The zero-order chi connectivity index (χ0) is 13.0. The van der Waals surface area contributed by atoms with Crippen LogP contribution in [0.2, 0.25) is 0 Å². The quantitative estimate of drug-likeness (QED) is 0.778. The third kappa shape index (κ3) is 3.18. The molecule has 5 nitrogen and oxygen atoms in total. The molecule has 18 heavy (non-hydrogen) atoms. The number of aromatic nitrogens is 2. The van der Waals surface area contributed by atoms with Crippen molar-refractivity contribution in [3.05, 3.63) is 5.82 Å². The van der Waals surface area contributed by atoms with Crippen LogP contribution < -0.4 is 4.90 Å². The van der Waals surface area contributed by atoms with Crippen LogP contribution in [0.25, 0.3) is 0 Å².